The molecule has 0 radical (unpaired) electrons. The average molecular weight is 329 g/mol. The van der Waals surface area contributed by atoms with E-state index >= 15 is 0 Å². The minimum absolute atomic E-state index is 0. The highest BCUT2D eigenvalue weighted by molar-refractivity contribution is 8.00. The molecule has 118 valence electrons. The molecular formula is C16H25ClN2OS. The second kappa shape index (κ2) is 9.34. The molecule has 5 heteroatoms. The molecule has 1 aliphatic carbocycles. The Hall–Kier alpha value is -0.710. The van der Waals surface area contributed by atoms with Crippen LogP contribution in [0.25, 0.3) is 0 Å². The maximum Gasteiger partial charge on any atom is 0.238 e. The first-order valence-electron chi connectivity index (χ1n) is 7.41. The van der Waals surface area contributed by atoms with E-state index in [0.717, 1.165) is 16.5 Å². The van der Waals surface area contributed by atoms with E-state index < -0.39 is 0 Å². The first kappa shape index (κ1) is 18.3. The minimum atomic E-state index is 0. The summed E-state index contributed by atoms with van der Waals surface area (Å²) in [6.07, 6.45) is 6.81. The van der Waals surface area contributed by atoms with Gasteiger partial charge in [0.05, 0.1) is 6.54 Å². The van der Waals surface area contributed by atoms with Crippen LogP contribution in [0.4, 0.5) is 5.69 Å². The molecule has 0 spiro atoms. The van der Waals surface area contributed by atoms with Gasteiger partial charge in [0.1, 0.15) is 0 Å². The summed E-state index contributed by atoms with van der Waals surface area (Å²) in [6.45, 7) is 2.40. The monoisotopic (exact) mass is 328 g/mol. The number of hydrogen-bond donors (Lipinski definition) is 2. The van der Waals surface area contributed by atoms with Crippen LogP contribution in [0.3, 0.4) is 0 Å². The lowest BCUT2D eigenvalue weighted by Gasteiger charge is -2.21. The average Bonchev–Trinajstić information content (AvgIpc) is 2.43. The van der Waals surface area contributed by atoms with Crippen molar-refractivity contribution in [3.63, 3.8) is 0 Å². The molecule has 1 saturated carbocycles. The highest BCUT2D eigenvalue weighted by Crippen LogP contribution is 2.34. The van der Waals surface area contributed by atoms with Crippen LogP contribution in [0.2, 0.25) is 0 Å². The van der Waals surface area contributed by atoms with Gasteiger partial charge in [-0.05, 0) is 50.6 Å². The predicted octanol–water partition coefficient (Wildman–Crippen LogP) is 4.00. The number of benzene rings is 1. The Morgan fingerprint density at radius 2 is 2.00 bits per heavy atom. The lowest BCUT2D eigenvalue weighted by atomic mass is 10.0. The van der Waals surface area contributed by atoms with Gasteiger partial charge in [-0.2, -0.15) is 0 Å². The van der Waals surface area contributed by atoms with Crippen LogP contribution in [-0.2, 0) is 4.79 Å². The van der Waals surface area contributed by atoms with Crippen molar-refractivity contribution in [1.29, 1.82) is 0 Å². The largest absolute Gasteiger partial charge is 0.325 e. The fourth-order valence-electron chi connectivity index (χ4n) is 2.58. The van der Waals surface area contributed by atoms with Crippen molar-refractivity contribution in [2.45, 2.75) is 49.2 Å². The molecule has 0 atom stereocenters. The fraction of sp³-hybridized carbons (Fsp3) is 0.562. The summed E-state index contributed by atoms with van der Waals surface area (Å²) in [6, 6.07) is 6.34. The molecule has 1 amide bonds. The maximum absolute atomic E-state index is 11.6. The molecule has 0 saturated heterocycles. The fourth-order valence-corrected chi connectivity index (χ4v) is 3.93. The van der Waals surface area contributed by atoms with Crippen LogP contribution in [0, 0.1) is 6.92 Å². The summed E-state index contributed by atoms with van der Waals surface area (Å²) in [4.78, 5) is 12.9. The number of amides is 1. The summed E-state index contributed by atoms with van der Waals surface area (Å²) in [7, 11) is 1.77. The highest BCUT2D eigenvalue weighted by atomic mass is 35.5. The number of nitrogens with one attached hydrogen (secondary N) is 2. The van der Waals surface area contributed by atoms with E-state index in [1.54, 1.807) is 7.05 Å². The van der Waals surface area contributed by atoms with Gasteiger partial charge in [0.25, 0.3) is 0 Å². The smallest absolute Gasteiger partial charge is 0.238 e. The van der Waals surface area contributed by atoms with Gasteiger partial charge < -0.3 is 10.6 Å². The number of aryl methyl sites for hydroxylation is 1. The summed E-state index contributed by atoms with van der Waals surface area (Å²) in [5.74, 6) is 0.00304. The number of likely N-dealkylation sites (N-methyl/N-ethyl adjacent to an activating group) is 1. The van der Waals surface area contributed by atoms with Gasteiger partial charge in [-0.1, -0.05) is 19.3 Å². The van der Waals surface area contributed by atoms with Gasteiger partial charge in [0.15, 0.2) is 0 Å². The molecule has 0 aromatic heterocycles. The van der Waals surface area contributed by atoms with Gasteiger partial charge in [0.2, 0.25) is 5.91 Å². The molecular weight excluding hydrogens is 304 g/mol. The van der Waals surface area contributed by atoms with Crippen LogP contribution in [0.15, 0.2) is 23.1 Å². The first-order chi connectivity index (χ1) is 9.69. The molecule has 2 rings (SSSR count). The molecule has 0 heterocycles. The van der Waals surface area contributed by atoms with Crippen molar-refractivity contribution in [2.24, 2.45) is 0 Å². The van der Waals surface area contributed by atoms with E-state index in [0.29, 0.717) is 6.54 Å². The van der Waals surface area contributed by atoms with Crippen molar-refractivity contribution in [2.75, 3.05) is 18.9 Å². The molecule has 21 heavy (non-hydrogen) atoms. The standard InChI is InChI=1S/C16H24N2OS.ClH/c1-12-10-14(20-13-6-4-3-5-7-13)8-9-15(12)18-16(19)11-17-2;/h8-10,13,17H,3-7,11H2,1-2H3,(H,18,19);1H. The second-order valence-electron chi connectivity index (χ2n) is 5.43. The van der Waals surface area contributed by atoms with E-state index in [4.69, 9.17) is 0 Å². The molecule has 1 aromatic rings. The van der Waals surface area contributed by atoms with Gasteiger partial charge in [0, 0.05) is 15.8 Å². The normalized spacial score (nSPS) is 15.3. The van der Waals surface area contributed by atoms with Crippen molar-refractivity contribution in [3.8, 4) is 0 Å². The van der Waals surface area contributed by atoms with Crippen molar-refractivity contribution in [1.82, 2.24) is 5.32 Å². The third-order valence-electron chi connectivity index (χ3n) is 3.66. The third-order valence-corrected chi connectivity index (χ3v) is 5.00. The third kappa shape index (κ3) is 5.89. The van der Waals surface area contributed by atoms with Gasteiger partial charge in [-0.3, -0.25) is 4.79 Å². The number of rotatable bonds is 5. The Bertz CT molecular complexity index is 462. The Balaban J connectivity index is 0.00000220. The maximum atomic E-state index is 11.6. The topological polar surface area (TPSA) is 41.1 Å². The number of halogens is 1. The van der Waals surface area contributed by atoms with Gasteiger partial charge in [-0.25, -0.2) is 0 Å². The van der Waals surface area contributed by atoms with Crippen LogP contribution in [0.1, 0.15) is 37.7 Å². The quantitative estimate of drug-likeness (QED) is 0.858. The zero-order chi connectivity index (χ0) is 14.4. The van der Waals surface area contributed by atoms with Crippen LogP contribution in [0.5, 0.6) is 0 Å². The molecule has 0 bridgehead atoms. The van der Waals surface area contributed by atoms with Gasteiger partial charge in [-0.15, -0.1) is 24.2 Å². The number of carbonyl (C=O) groups excluding carboxylic acids is 1. The van der Waals surface area contributed by atoms with Crippen LogP contribution < -0.4 is 10.6 Å². The van der Waals surface area contributed by atoms with Crippen LogP contribution >= 0.6 is 24.2 Å². The SMILES string of the molecule is CNCC(=O)Nc1ccc(SC2CCCCC2)cc1C.Cl. The molecule has 2 N–H and O–H groups in total. The van der Waals surface area contributed by atoms with E-state index in [1.807, 2.05) is 17.8 Å². The molecule has 1 aromatic carbocycles. The van der Waals surface area contributed by atoms with Crippen molar-refractivity contribution < 1.29 is 4.79 Å². The van der Waals surface area contributed by atoms with E-state index in [2.05, 4.69) is 29.7 Å². The number of carbonyl (C=O) groups is 1. The van der Waals surface area contributed by atoms with Gasteiger partial charge >= 0.3 is 0 Å². The lowest BCUT2D eigenvalue weighted by Crippen LogP contribution is -2.25. The predicted molar refractivity (Wildman–Crippen MR) is 93.7 cm³/mol. The second-order valence-corrected chi connectivity index (χ2v) is 6.81. The van der Waals surface area contributed by atoms with E-state index in [1.165, 1.54) is 37.0 Å². The molecule has 1 fully saturated rings. The van der Waals surface area contributed by atoms with E-state index in [-0.39, 0.29) is 18.3 Å². The van der Waals surface area contributed by atoms with Crippen LogP contribution in [-0.4, -0.2) is 24.7 Å². The minimum Gasteiger partial charge on any atom is -0.325 e. The molecule has 1 aliphatic rings. The zero-order valence-electron chi connectivity index (χ0n) is 12.8. The summed E-state index contributed by atoms with van der Waals surface area (Å²) in [5.41, 5.74) is 2.05. The molecule has 3 nitrogen and oxygen atoms in total. The summed E-state index contributed by atoms with van der Waals surface area (Å²) < 4.78 is 0. The molecule has 0 aliphatic heterocycles. The molecule has 0 unspecified atom stereocenters. The lowest BCUT2D eigenvalue weighted by molar-refractivity contribution is -0.115. The Labute approximate surface area is 138 Å². The number of anilines is 1. The number of hydrogen-bond acceptors (Lipinski definition) is 3. The van der Waals surface area contributed by atoms with E-state index in [9.17, 15) is 4.79 Å². The van der Waals surface area contributed by atoms with Crippen molar-refractivity contribution in [3.05, 3.63) is 23.8 Å². The highest BCUT2D eigenvalue weighted by Gasteiger charge is 2.15. The Morgan fingerprint density at radius 3 is 2.62 bits per heavy atom. The first-order valence-corrected chi connectivity index (χ1v) is 8.29. The Kier molecular flexibility index (Phi) is 8.15. The zero-order valence-corrected chi connectivity index (χ0v) is 14.4. The van der Waals surface area contributed by atoms with Crippen molar-refractivity contribution >= 4 is 35.8 Å². The summed E-state index contributed by atoms with van der Waals surface area (Å²) >= 11 is 1.99. The Morgan fingerprint density at radius 1 is 1.29 bits per heavy atom. The number of thioether (sulfide) groups is 1. The summed E-state index contributed by atoms with van der Waals surface area (Å²) in [5, 5.41) is 6.56.